The summed E-state index contributed by atoms with van der Waals surface area (Å²) < 4.78 is 5.92. The number of likely N-dealkylation sites (N-methyl/N-ethyl adjacent to an activating group) is 1. The van der Waals surface area contributed by atoms with Gasteiger partial charge in [-0.25, -0.2) is 0 Å². The van der Waals surface area contributed by atoms with Crippen molar-refractivity contribution in [3.63, 3.8) is 0 Å². The fraction of sp³-hybridized carbons (Fsp3) is 0.750. The average Bonchev–Trinajstić information content (AvgIpc) is 2.96. The topological polar surface area (TPSA) is 28.4 Å². The monoisotopic (exact) mass is 262 g/mol. The molecule has 2 aliphatic rings. The summed E-state index contributed by atoms with van der Waals surface area (Å²) in [5.74, 6) is 3.80. The molecule has 1 aliphatic carbocycles. The van der Waals surface area contributed by atoms with Crippen molar-refractivity contribution in [2.24, 2.45) is 5.92 Å². The molecule has 3 heteroatoms. The predicted molar refractivity (Wildman–Crippen MR) is 77.2 cm³/mol. The zero-order valence-electron chi connectivity index (χ0n) is 12.2. The number of hydrogen-bond acceptors (Lipinski definition) is 3. The molecule has 1 aliphatic heterocycles. The summed E-state index contributed by atoms with van der Waals surface area (Å²) in [6.45, 7) is 5.48. The molecule has 2 fully saturated rings. The summed E-state index contributed by atoms with van der Waals surface area (Å²) >= 11 is 0. The number of rotatable bonds is 5. The van der Waals surface area contributed by atoms with Crippen LogP contribution in [-0.4, -0.2) is 31.1 Å². The zero-order chi connectivity index (χ0) is 13.2. The van der Waals surface area contributed by atoms with Gasteiger partial charge in [0.25, 0.3) is 0 Å². The van der Waals surface area contributed by atoms with Gasteiger partial charge >= 0.3 is 0 Å². The van der Waals surface area contributed by atoms with Gasteiger partial charge in [-0.05, 0) is 50.9 Å². The Hall–Kier alpha value is -0.800. The van der Waals surface area contributed by atoms with Gasteiger partial charge in [0.05, 0.1) is 6.54 Å². The SMILES string of the molecule is CC1CC1c1ccc(CNCC2CCCCN2C)o1. The normalized spacial score (nSPS) is 31.6. The molecule has 3 unspecified atom stereocenters. The number of furan rings is 1. The van der Waals surface area contributed by atoms with Gasteiger partial charge in [0.2, 0.25) is 0 Å². The van der Waals surface area contributed by atoms with Crippen molar-refractivity contribution in [2.45, 2.75) is 51.1 Å². The lowest BCUT2D eigenvalue weighted by molar-refractivity contribution is 0.180. The van der Waals surface area contributed by atoms with E-state index >= 15 is 0 Å². The molecule has 1 N–H and O–H groups in total. The van der Waals surface area contributed by atoms with E-state index < -0.39 is 0 Å². The van der Waals surface area contributed by atoms with Crippen LogP contribution in [0.2, 0.25) is 0 Å². The highest BCUT2D eigenvalue weighted by Gasteiger charge is 2.36. The molecule has 0 aromatic carbocycles. The highest BCUT2D eigenvalue weighted by molar-refractivity contribution is 5.17. The third-order valence-electron chi connectivity index (χ3n) is 4.76. The zero-order valence-corrected chi connectivity index (χ0v) is 12.2. The summed E-state index contributed by atoms with van der Waals surface area (Å²) in [7, 11) is 2.24. The van der Waals surface area contributed by atoms with Crippen LogP contribution >= 0.6 is 0 Å². The van der Waals surface area contributed by atoms with Crippen molar-refractivity contribution >= 4 is 0 Å². The Morgan fingerprint density at radius 3 is 2.95 bits per heavy atom. The van der Waals surface area contributed by atoms with Crippen LogP contribution in [-0.2, 0) is 6.54 Å². The van der Waals surface area contributed by atoms with E-state index in [9.17, 15) is 0 Å². The van der Waals surface area contributed by atoms with Crippen molar-refractivity contribution in [1.82, 2.24) is 10.2 Å². The van der Waals surface area contributed by atoms with E-state index in [4.69, 9.17) is 4.42 Å². The molecule has 1 saturated carbocycles. The summed E-state index contributed by atoms with van der Waals surface area (Å²) in [4.78, 5) is 2.48. The fourth-order valence-corrected chi connectivity index (χ4v) is 3.17. The summed E-state index contributed by atoms with van der Waals surface area (Å²) in [6, 6.07) is 5.00. The van der Waals surface area contributed by atoms with E-state index in [2.05, 4.69) is 36.3 Å². The van der Waals surface area contributed by atoms with Crippen LogP contribution in [0.15, 0.2) is 16.5 Å². The van der Waals surface area contributed by atoms with Crippen molar-refractivity contribution in [3.05, 3.63) is 23.7 Å². The van der Waals surface area contributed by atoms with Gasteiger partial charge in [-0.2, -0.15) is 0 Å². The van der Waals surface area contributed by atoms with E-state index in [-0.39, 0.29) is 0 Å². The van der Waals surface area contributed by atoms with Gasteiger partial charge in [-0.3, -0.25) is 0 Å². The minimum Gasteiger partial charge on any atom is -0.464 e. The summed E-state index contributed by atoms with van der Waals surface area (Å²) in [5.41, 5.74) is 0. The third kappa shape index (κ3) is 3.21. The lowest BCUT2D eigenvalue weighted by atomic mass is 10.0. The smallest absolute Gasteiger partial charge is 0.117 e. The minimum absolute atomic E-state index is 0.693. The van der Waals surface area contributed by atoms with E-state index in [0.29, 0.717) is 12.0 Å². The van der Waals surface area contributed by atoms with Crippen LogP contribution in [0.1, 0.15) is 50.0 Å². The van der Waals surface area contributed by atoms with Gasteiger partial charge in [0.1, 0.15) is 11.5 Å². The Kier molecular flexibility index (Phi) is 3.94. The second kappa shape index (κ2) is 5.68. The first-order valence-electron chi connectivity index (χ1n) is 7.73. The minimum atomic E-state index is 0.693. The number of nitrogens with one attached hydrogen (secondary N) is 1. The maximum Gasteiger partial charge on any atom is 0.117 e. The first-order chi connectivity index (χ1) is 9.24. The number of piperidine rings is 1. The Labute approximate surface area is 116 Å². The van der Waals surface area contributed by atoms with E-state index in [1.807, 2.05) is 0 Å². The van der Waals surface area contributed by atoms with Crippen LogP contribution in [0.4, 0.5) is 0 Å². The van der Waals surface area contributed by atoms with Gasteiger partial charge in [-0.15, -0.1) is 0 Å². The molecule has 106 valence electrons. The molecule has 3 nitrogen and oxygen atoms in total. The third-order valence-corrected chi connectivity index (χ3v) is 4.76. The van der Waals surface area contributed by atoms with E-state index in [1.165, 1.54) is 38.0 Å². The van der Waals surface area contributed by atoms with Crippen molar-refractivity contribution < 1.29 is 4.42 Å². The highest BCUT2D eigenvalue weighted by atomic mass is 16.3. The van der Waals surface area contributed by atoms with Crippen LogP contribution in [0.5, 0.6) is 0 Å². The van der Waals surface area contributed by atoms with Crippen LogP contribution in [0.3, 0.4) is 0 Å². The lowest BCUT2D eigenvalue weighted by Gasteiger charge is -2.32. The quantitative estimate of drug-likeness (QED) is 0.884. The maximum atomic E-state index is 5.92. The average molecular weight is 262 g/mol. The van der Waals surface area contributed by atoms with Crippen LogP contribution in [0, 0.1) is 5.92 Å². The fourth-order valence-electron chi connectivity index (χ4n) is 3.17. The molecule has 1 aromatic heterocycles. The molecule has 3 rings (SSSR count). The first-order valence-corrected chi connectivity index (χ1v) is 7.73. The van der Waals surface area contributed by atoms with E-state index in [0.717, 1.165) is 24.8 Å². The predicted octanol–water partition coefficient (Wildman–Crippen LogP) is 2.98. The molecule has 3 atom stereocenters. The largest absolute Gasteiger partial charge is 0.464 e. The number of hydrogen-bond donors (Lipinski definition) is 1. The lowest BCUT2D eigenvalue weighted by Crippen LogP contribution is -2.42. The van der Waals surface area contributed by atoms with Gasteiger partial charge in [-0.1, -0.05) is 13.3 Å². The van der Waals surface area contributed by atoms with Gasteiger partial charge in [0, 0.05) is 18.5 Å². The molecule has 0 radical (unpaired) electrons. The van der Waals surface area contributed by atoms with E-state index in [1.54, 1.807) is 0 Å². The van der Waals surface area contributed by atoms with Crippen molar-refractivity contribution in [2.75, 3.05) is 20.1 Å². The molecule has 1 aromatic rings. The van der Waals surface area contributed by atoms with Crippen molar-refractivity contribution in [1.29, 1.82) is 0 Å². The molecule has 0 amide bonds. The standard InChI is InChI=1S/C16H26N2O/c1-12-9-15(12)16-7-6-14(19-16)11-17-10-13-5-3-4-8-18(13)2/h6-7,12-13,15,17H,3-5,8-11H2,1-2H3. The Balaban J connectivity index is 1.43. The van der Waals surface area contributed by atoms with Crippen LogP contribution in [0.25, 0.3) is 0 Å². The Morgan fingerprint density at radius 1 is 1.37 bits per heavy atom. The Morgan fingerprint density at radius 2 is 2.21 bits per heavy atom. The summed E-state index contributed by atoms with van der Waals surface area (Å²) in [6.07, 6.45) is 5.36. The molecule has 19 heavy (non-hydrogen) atoms. The molecule has 1 saturated heterocycles. The second-order valence-electron chi connectivity index (χ2n) is 6.38. The molecule has 0 bridgehead atoms. The number of nitrogens with zero attached hydrogens (tertiary/aromatic N) is 1. The highest BCUT2D eigenvalue weighted by Crippen LogP contribution is 2.47. The van der Waals surface area contributed by atoms with Gasteiger partial charge in [0.15, 0.2) is 0 Å². The molecule has 0 spiro atoms. The molecular weight excluding hydrogens is 236 g/mol. The van der Waals surface area contributed by atoms with Gasteiger partial charge < -0.3 is 14.6 Å². The molecule has 2 heterocycles. The second-order valence-corrected chi connectivity index (χ2v) is 6.38. The maximum absolute atomic E-state index is 5.92. The Bertz CT molecular complexity index is 415. The first kappa shape index (κ1) is 13.2. The van der Waals surface area contributed by atoms with Crippen LogP contribution < -0.4 is 5.32 Å². The summed E-state index contributed by atoms with van der Waals surface area (Å²) in [5, 5.41) is 3.55. The molecular formula is C16H26N2O. The number of likely N-dealkylation sites (tertiary alicyclic amines) is 1. The van der Waals surface area contributed by atoms with Crippen molar-refractivity contribution in [3.8, 4) is 0 Å².